The third-order valence-corrected chi connectivity index (χ3v) is 21.9. The third-order valence-electron chi connectivity index (χ3n) is 21.9. The fraction of sp³-hybridized carbons (Fsp3) is 0.316. The molecule has 15 rings (SSSR count). The maximum atomic E-state index is 14.1. The number of halogens is 6. The van der Waals surface area contributed by atoms with Crippen LogP contribution in [0.4, 0.5) is 35.9 Å². The Morgan fingerprint density at radius 1 is 0.511 bits per heavy atom. The van der Waals surface area contributed by atoms with Crippen molar-refractivity contribution in [3.63, 3.8) is 0 Å². The number of ether oxygens (including phenoxy) is 5. The summed E-state index contributed by atoms with van der Waals surface area (Å²) in [4.78, 5) is 145. The topological polar surface area (TPSA) is 373 Å². The van der Waals surface area contributed by atoms with Crippen molar-refractivity contribution in [2.45, 2.75) is 141 Å². The second kappa shape index (κ2) is 43.9. The quantitative estimate of drug-likeness (QED) is 0.0171. The Hall–Kier alpha value is -14.6. The van der Waals surface area contributed by atoms with Gasteiger partial charge in [-0.25, -0.2) is 40.7 Å². The molecule has 29 nitrogen and oxygen atoms in total. The first-order valence-corrected chi connectivity index (χ1v) is 42.4. The number of rotatable bonds is 19. The lowest BCUT2D eigenvalue weighted by molar-refractivity contribution is 0.0223. The number of nitrogens with zero attached hydrogens (tertiary/aromatic N) is 5. The number of hydrogen-bond acceptors (Lipinski definition) is 20. The number of carbonyl (C=O) groups is 8. The number of aromatic hydroxyl groups is 1. The van der Waals surface area contributed by atoms with Crippen molar-refractivity contribution in [3.8, 4) is 17.2 Å². The number of alkyl carbamates (subject to hydrolysis) is 1. The van der Waals surface area contributed by atoms with E-state index in [1.807, 2.05) is 139 Å². The number of nitrogens with two attached hydrogens (primary N) is 1. The summed E-state index contributed by atoms with van der Waals surface area (Å²) in [6.07, 6.45) is 21.0. The molecule has 7 amide bonds. The molecule has 35 heteroatoms. The number of nitrogens with one attached hydrogen (secondary N) is 5. The van der Waals surface area contributed by atoms with Gasteiger partial charge in [-0.2, -0.15) is 0 Å². The van der Waals surface area contributed by atoms with Crippen LogP contribution in [0.15, 0.2) is 232 Å². The maximum Gasteiger partial charge on any atom is 0.410 e. The monoisotopic (exact) mass is 1840 g/mol. The molecule has 4 atom stereocenters. The number of pyridine rings is 2. The fourth-order valence-electron chi connectivity index (χ4n) is 14.9. The van der Waals surface area contributed by atoms with E-state index < -0.39 is 138 Å². The van der Waals surface area contributed by atoms with Crippen molar-refractivity contribution in [2.24, 2.45) is 5.73 Å². The minimum absolute atomic E-state index is 0.0193. The fourth-order valence-corrected chi connectivity index (χ4v) is 14.9. The van der Waals surface area contributed by atoms with E-state index in [-0.39, 0.29) is 95.9 Å². The van der Waals surface area contributed by atoms with Gasteiger partial charge in [-0.3, -0.25) is 38.4 Å². The molecule has 9 heterocycles. The highest BCUT2D eigenvalue weighted by Gasteiger charge is 2.45. The Morgan fingerprint density at radius 2 is 0.940 bits per heavy atom. The van der Waals surface area contributed by atoms with Gasteiger partial charge in [-0.05, 0) is 109 Å². The second-order valence-corrected chi connectivity index (χ2v) is 34.3. The normalized spacial score (nSPS) is 18.4. The number of amides is 7. The molecule has 8 N–H and O–H groups in total. The van der Waals surface area contributed by atoms with Crippen LogP contribution >= 0.6 is 0 Å². The minimum atomic E-state index is -0.983. The lowest BCUT2D eigenvalue weighted by Gasteiger charge is -2.42. The first kappa shape index (κ1) is 99.0. The van der Waals surface area contributed by atoms with Gasteiger partial charge in [0, 0.05) is 125 Å². The smallest absolute Gasteiger partial charge is 0.410 e. The van der Waals surface area contributed by atoms with Crippen LogP contribution in [0.3, 0.4) is 0 Å². The number of allylic oxidation sites excluding steroid dienone is 2. The average molecular weight is 1840 g/mol. The van der Waals surface area contributed by atoms with Crippen molar-refractivity contribution < 1.29 is 97.9 Å². The molecule has 0 saturated carbocycles. The van der Waals surface area contributed by atoms with Gasteiger partial charge < -0.3 is 89.4 Å². The Bertz CT molecular complexity index is 6120. The zero-order valence-corrected chi connectivity index (χ0v) is 74.4. The Labute approximate surface area is 761 Å². The predicted octanol–water partition coefficient (Wildman–Crippen LogP) is 13.0. The van der Waals surface area contributed by atoms with Crippen LogP contribution in [0.2, 0.25) is 0 Å². The van der Waals surface area contributed by atoms with Crippen LogP contribution in [0.5, 0.6) is 17.2 Å². The summed E-state index contributed by atoms with van der Waals surface area (Å²) in [5.74, 6) is -11.0. The highest BCUT2D eigenvalue weighted by atomic mass is 19.2. The molecule has 133 heavy (non-hydrogen) atoms. The van der Waals surface area contributed by atoms with Gasteiger partial charge in [0.05, 0.1) is 23.7 Å². The summed E-state index contributed by atoms with van der Waals surface area (Å²) in [7, 11) is 1.10. The number of methoxy groups -OCH3 is 1. The van der Waals surface area contributed by atoms with E-state index in [9.17, 15) is 84.2 Å². The van der Waals surface area contributed by atoms with Crippen LogP contribution in [-0.4, -0.2) is 153 Å². The van der Waals surface area contributed by atoms with Crippen molar-refractivity contribution in [1.82, 2.24) is 50.4 Å². The van der Waals surface area contributed by atoms with E-state index in [0.717, 1.165) is 68.3 Å². The lowest BCUT2D eigenvalue weighted by Crippen LogP contribution is -2.54. The molecule has 6 aromatic carbocycles. The molecular formula is C98H103F6N11O18. The average Bonchev–Trinajstić information content (AvgIpc) is 1.76. The lowest BCUT2D eigenvalue weighted by atomic mass is 9.93. The van der Waals surface area contributed by atoms with Gasteiger partial charge in [0.25, 0.3) is 35.3 Å². The number of carbonyl (C=O) groups excluding carboxylic acids is 8. The highest BCUT2D eigenvalue weighted by molar-refractivity contribution is 6.01. The molecule has 4 bridgehead atoms. The summed E-state index contributed by atoms with van der Waals surface area (Å²) in [5, 5.41) is 23.9. The van der Waals surface area contributed by atoms with E-state index in [1.54, 1.807) is 44.7 Å². The Kier molecular flexibility index (Phi) is 32.6. The SMILES string of the molecule is CC(C)(C)OC(=O)N1CC=CC[C@](C)(NC(=O)OCc2ccccc2)C1.COC(=O)c1occ(C(=O)NCc2ccc(F)cc2F)c(=O)c1OCc1ccccc1.C[C@]1(N)CC=CCNC1.C[C@]12CC=CCN(C1)C(=O)c1c(O)c(=O)c(C(=O)NCc3ccc(F)cc3F)cn12.C[C@]12CC=CCN(C1)C(=O)c1c(OCc3ccccc3)c(=O)c(C(=O)NCc3ccc(F)cc3F)cn12. The van der Waals surface area contributed by atoms with E-state index in [1.165, 1.54) is 40.1 Å². The molecule has 3 aromatic heterocycles. The van der Waals surface area contributed by atoms with Crippen molar-refractivity contribution in [2.75, 3.05) is 59.5 Å². The van der Waals surface area contributed by atoms with E-state index in [4.69, 9.17) is 29.1 Å². The standard InChI is InChI=1S/C28H25F2N3O4.C22H17F2NO6.C21H19F2N3O4.C20H28N2O4.C7H14N2/c1-28-11-5-6-12-32(17-28)27(36)23-25(37-16-18-7-3-2-4-8-18)24(34)21(15-33(23)28)26(35)31-14-19-9-10-20(29)13-22(19)30;1-29-22(28)20-19(30-11-13-5-3-2-4-6-13)18(26)16(12-31-20)21(27)25-10-14-7-8-15(23)9-17(14)24;1-21-6-2-3-7-25(11-21)20(30)16-18(28)17(27)14(10-26(16)21)19(29)24-9-12-4-5-13(22)8-15(12)23;1-19(2,3)26-18(24)22-13-9-8-12-20(4,15-22)21-17(23)25-14-16-10-6-5-7-11-16;1-7(8)4-2-3-5-9-6-7/h2-10,13,15H,11-12,14,16-17H2,1H3,(H,31,35);2-9,12H,10-11H2,1H3,(H,25,27);2-5,8,10,28H,6-7,9,11H2,1H3,(H,24,29);5-11H,12-15H2,1-4H3,(H,21,23);2-3,9H,4-6,8H2,1H3/t28-;;21-;20-;7-/m0.000/s1. The largest absolute Gasteiger partial charge is 0.503 e. The van der Waals surface area contributed by atoms with Gasteiger partial charge in [0.1, 0.15) is 83.3 Å². The van der Waals surface area contributed by atoms with Crippen molar-refractivity contribution in [1.29, 1.82) is 0 Å². The van der Waals surface area contributed by atoms with Gasteiger partial charge >= 0.3 is 18.2 Å². The van der Waals surface area contributed by atoms with Crippen molar-refractivity contribution in [3.05, 3.63) is 346 Å². The summed E-state index contributed by atoms with van der Waals surface area (Å²) in [6.45, 7) is 16.8. The number of esters is 1. The van der Waals surface area contributed by atoms with Crippen molar-refractivity contribution >= 4 is 47.7 Å². The first-order chi connectivity index (χ1) is 63.3. The molecule has 0 fully saturated rings. The molecule has 9 aromatic rings. The maximum absolute atomic E-state index is 14.1. The molecule has 0 aliphatic carbocycles. The van der Waals surface area contributed by atoms with Crippen LogP contribution in [0.25, 0.3) is 0 Å². The summed E-state index contributed by atoms with van der Waals surface area (Å²) >= 11 is 0. The summed E-state index contributed by atoms with van der Waals surface area (Å²) in [6, 6.07) is 36.3. The molecule has 0 unspecified atom stereocenters. The minimum Gasteiger partial charge on any atom is -0.503 e. The molecule has 0 radical (unpaired) electrons. The molecule has 0 saturated heterocycles. The second-order valence-electron chi connectivity index (χ2n) is 34.3. The van der Waals surface area contributed by atoms with Gasteiger partial charge in [-0.1, -0.05) is 158 Å². The molecule has 0 spiro atoms. The molecular weight excluding hydrogens is 1730 g/mol. The zero-order valence-electron chi connectivity index (χ0n) is 74.4. The third kappa shape index (κ3) is 26.0. The van der Waals surface area contributed by atoms with Crippen LogP contribution in [0, 0.1) is 34.9 Å². The Morgan fingerprint density at radius 3 is 1.42 bits per heavy atom. The van der Waals surface area contributed by atoms with Gasteiger partial charge in [0.15, 0.2) is 22.9 Å². The summed E-state index contributed by atoms with van der Waals surface area (Å²) in [5.41, 5.74) is 2.18. The van der Waals surface area contributed by atoms with Gasteiger partial charge in [0.2, 0.25) is 22.0 Å². The van der Waals surface area contributed by atoms with Crippen LogP contribution in [0.1, 0.15) is 170 Å². The number of hydrogen-bond donors (Lipinski definition) is 7. The summed E-state index contributed by atoms with van der Waals surface area (Å²) < 4.78 is 116. The van der Waals surface area contributed by atoms with Gasteiger partial charge in [-0.15, -0.1) is 0 Å². The van der Waals surface area contributed by atoms with E-state index >= 15 is 0 Å². The van der Waals surface area contributed by atoms with E-state index in [0.29, 0.717) is 76.2 Å². The van der Waals surface area contributed by atoms with E-state index in [2.05, 4.69) is 50.4 Å². The Balaban J connectivity index is 0.000000166. The first-order valence-electron chi connectivity index (χ1n) is 42.4. The van der Waals surface area contributed by atoms with Crippen LogP contribution < -0.4 is 58.1 Å². The number of benzene rings is 6. The highest BCUT2D eigenvalue weighted by Crippen LogP contribution is 2.38. The molecule has 700 valence electrons. The number of aromatic nitrogens is 2. The zero-order chi connectivity index (χ0) is 96.1. The van der Waals surface area contributed by atoms with Crippen LogP contribution in [-0.2, 0) is 64.7 Å². The predicted molar refractivity (Wildman–Crippen MR) is 479 cm³/mol. The molecule has 6 aliphatic heterocycles. The number of fused-ring (bicyclic) bond motifs is 8. The molecule has 6 aliphatic rings.